The molecule has 690 valence electrons. The number of rotatable bonds is 18. The van der Waals surface area contributed by atoms with Crippen LogP contribution in [-0.4, -0.2) is 29.9 Å². The fraction of sp³-hybridized carbons (Fsp3) is 0. The summed E-state index contributed by atoms with van der Waals surface area (Å²) >= 11 is 5.19. The lowest BCUT2D eigenvalue weighted by molar-refractivity contribution is 1.24. The van der Waals surface area contributed by atoms with Crippen molar-refractivity contribution in [1.82, 2.24) is 29.9 Å². The molecule has 27 aromatic rings. The molecule has 0 spiro atoms. The summed E-state index contributed by atoms with van der Waals surface area (Å²) in [6.07, 6.45) is 0. The summed E-state index contributed by atoms with van der Waals surface area (Å²) in [4.78, 5) is 34.9. The van der Waals surface area contributed by atoms with Gasteiger partial charge >= 0.3 is 0 Å². The number of hydrogen-bond acceptors (Lipinski definition) is 9. The Bertz CT molecular complexity index is 9340. The molecule has 0 radical (unpaired) electrons. The van der Waals surface area contributed by atoms with Gasteiger partial charge in [0.15, 0.2) is 17.5 Å². The number of nitrogens with zero attached hydrogens (tertiary/aromatic N) is 6. The fourth-order valence-corrected chi connectivity index (χ4v) is 23.2. The molecule has 0 fully saturated rings. The van der Waals surface area contributed by atoms with E-state index in [0.717, 1.165) is 160 Å². The number of thiophene rings is 3. The lowest BCUT2D eigenvalue weighted by atomic mass is 9.90. The third-order valence-corrected chi connectivity index (χ3v) is 30.4. The summed E-state index contributed by atoms with van der Waals surface area (Å²) in [7, 11) is 0. The Hall–Kier alpha value is -18.5. The van der Waals surface area contributed by atoms with Crippen LogP contribution in [0.2, 0.25) is 0 Å². The van der Waals surface area contributed by atoms with Gasteiger partial charge in [0, 0.05) is 79.8 Å². The van der Waals surface area contributed by atoms with Crippen LogP contribution in [-0.2, 0) is 0 Å². The number of hydrogen-bond donors (Lipinski definition) is 0. The van der Waals surface area contributed by atoms with Gasteiger partial charge < -0.3 is 0 Å². The maximum atomic E-state index is 5.42. The Kier molecular flexibility index (Phi) is 24.7. The maximum absolute atomic E-state index is 5.42. The fourth-order valence-electron chi connectivity index (χ4n) is 20.0. The lowest BCUT2D eigenvalue weighted by Gasteiger charge is -2.15. The predicted octanol–water partition coefficient (Wildman–Crippen LogP) is 38.5. The van der Waals surface area contributed by atoms with Gasteiger partial charge in [-0.2, -0.15) is 0 Å². The second-order valence-corrected chi connectivity index (χ2v) is 39.8. The third-order valence-electron chi connectivity index (χ3n) is 27.2. The minimum Gasteiger partial charge on any atom is -0.227 e. The summed E-state index contributed by atoms with van der Waals surface area (Å²) in [6.45, 7) is 0. The van der Waals surface area contributed by atoms with Crippen LogP contribution in [0.5, 0.6) is 0 Å². The van der Waals surface area contributed by atoms with E-state index in [-0.39, 0.29) is 0 Å². The standard InChI is InChI=1S/C52H34N2S.C46H30N2S.C40H26N2S/c1-5-16-35(17-6-1)39-24-15-25-40(28-39)43-32-45(44-30-41(36-18-7-2-8-19-36)29-42(31-44)37-20-9-3-10-21-37)34-46(33-43)51-53-50(38-22-11-4-12-23-38)49-47-26-13-14-27-48(47)55-52(49)54-51;1-4-14-31(15-5-1)34-20-12-22-36(26-34)38-28-39(37-23-13-21-35(27-37)32-16-6-2-7-17-32)30-40(29-38)45-47-44(33-18-8-3-9-19-33)43-41-24-10-11-25-42(41)49-46(43)48-45;1-4-13-27(14-5-1)30-19-12-20-31(23-30)33-24-32(28-15-6-2-7-16-28)25-34(26-33)39-41-38(29-17-8-3-9-18-29)37-35-21-10-11-22-36(35)43-40(37)42-39/h1-34H;1-30H;1-26H. The van der Waals surface area contributed by atoms with E-state index in [0.29, 0.717) is 5.82 Å². The topological polar surface area (TPSA) is 77.3 Å². The molecule has 0 aliphatic heterocycles. The highest BCUT2D eigenvalue weighted by atomic mass is 32.1. The van der Waals surface area contributed by atoms with E-state index < -0.39 is 0 Å². The zero-order valence-corrected chi connectivity index (χ0v) is 82.3. The lowest BCUT2D eigenvalue weighted by Crippen LogP contribution is -1.95. The Balaban J connectivity index is 0.000000116. The molecule has 9 heteroatoms. The SMILES string of the molecule is c1ccc(-c2cccc(-c3cc(-c4cc(-c5ccccc5)cc(-c5ccccc5)c4)cc(-c4nc(-c5ccccc5)c5c(n4)sc4ccccc45)c3)c2)cc1.c1ccc(-c2cccc(-c3cc(-c4cccc(-c5ccccc5)c4)cc(-c4nc(-c5ccccc5)c5c(n4)sc4ccccc45)c3)c2)cc1.c1ccc(-c2cccc(-c3cc(-c4ccccc4)cc(-c4nc(-c5ccccc5)c5c(n4)sc4ccccc45)c3)c2)cc1. The number of fused-ring (bicyclic) bond motifs is 9. The van der Waals surface area contributed by atoms with Gasteiger partial charge in [-0.15, -0.1) is 34.0 Å². The van der Waals surface area contributed by atoms with Crippen molar-refractivity contribution < 1.29 is 0 Å². The molecule has 0 unspecified atom stereocenters. The molecule has 147 heavy (non-hydrogen) atoms. The van der Waals surface area contributed by atoms with Crippen LogP contribution >= 0.6 is 34.0 Å². The zero-order valence-electron chi connectivity index (χ0n) is 79.9. The zero-order chi connectivity index (χ0) is 97.7. The van der Waals surface area contributed by atoms with E-state index >= 15 is 0 Å². The van der Waals surface area contributed by atoms with Crippen molar-refractivity contribution in [3.8, 4) is 201 Å². The molecule has 0 saturated carbocycles. The van der Waals surface area contributed by atoms with Gasteiger partial charge in [0.2, 0.25) is 0 Å². The van der Waals surface area contributed by atoms with E-state index in [1.54, 1.807) is 34.0 Å². The normalized spacial score (nSPS) is 11.3. The van der Waals surface area contributed by atoms with E-state index in [2.05, 4.69) is 540 Å². The van der Waals surface area contributed by atoms with Gasteiger partial charge in [-0.05, 0) is 249 Å². The van der Waals surface area contributed by atoms with Crippen LogP contribution in [0.25, 0.3) is 262 Å². The van der Waals surface area contributed by atoms with E-state index in [9.17, 15) is 0 Å². The number of aromatic nitrogens is 6. The Morgan fingerprint density at radius 3 is 0.463 bits per heavy atom. The highest BCUT2D eigenvalue weighted by molar-refractivity contribution is 7.26. The molecular weight excluding hydrogens is 1840 g/mol. The van der Waals surface area contributed by atoms with Crippen molar-refractivity contribution in [2.75, 3.05) is 0 Å². The van der Waals surface area contributed by atoms with Crippen LogP contribution in [0.1, 0.15) is 0 Å². The molecule has 0 amide bonds. The molecule has 21 aromatic carbocycles. The summed E-state index contributed by atoms with van der Waals surface area (Å²) in [6, 6.07) is 194. The van der Waals surface area contributed by atoms with E-state index in [1.165, 1.54) is 97.0 Å². The van der Waals surface area contributed by atoms with Gasteiger partial charge in [-0.1, -0.05) is 431 Å². The van der Waals surface area contributed by atoms with Crippen molar-refractivity contribution in [3.05, 3.63) is 546 Å². The first-order valence-corrected chi connectivity index (χ1v) is 51.9. The van der Waals surface area contributed by atoms with Gasteiger partial charge in [0.25, 0.3) is 0 Å². The molecule has 6 nitrogen and oxygen atoms in total. The second kappa shape index (κ2) is 40.5. The largest absolute Gasteiger partial charge is 0.227 e. The molecule has 0 saturated heterocycles. The Morgan fingerprint density at radius 2 is 0.252 bits per heavy atom. The molecule has 0 atom stereocenters. The highest BCUT2D eigenvalue weighted by Gasteiger charge is 2.25. The first-order valence-electron chi connectivity index (χ1n) is 49.5. The van der Waals surface area contributed by atoms with Gasteiger partial charge in [0.1, 0.15) is 14.5 Å². The van der Waals surface area contributed by atoms with Crippen molar-refractivity contribution in [3.63, 3.8) is 0 Å². The molecule has 6 aromatic heterocycles. The average Bonchev–Trinajstić information content (AvgIpc) is 1.63. The van der Waals surface area contributed by atoms with Crippen LogP contribution in [0.3, 0.4) is 0 Å². The van der Waals surface area contributed by atoms with Crippen molar-refractivity contribution in [1.29, 1.82) is 0 Å². The van der Waals surface area contributed by atoms with E-state index in [4.69, 9.17) is 29.9 Å². The van der Waals surface area contributed by atoms with E-state index in [1.807, 2.05) is 6.07 Å². The smallest absolute Gasteiger partial charge is 0.161 e. The van der Waals surface area contributed by atoms with Gasteiger partial charge in [-0.3, -0.25) is 0 Å². The first kappa shape index (κ1) is 89.8. The molecule has 0 aliphatic rings. The Morgan fingerprint density at radius 1 is 0.109 bits per heavy atom. The summed E-state index contributed by atoms with van der Waals surface area (Å²) in [5.41, 5.74) is 36.9. The highest BCUT2D eigenvalue weighted by Crippen LogP contribution is 2.48. The second-order valence-electron chi connectivity index (χ2n) is 36.7. The van der Waals surface area contributed by atoms with Crippen molar-refractivity contribution in [2.45, 2.75) is 0 Å². The molecule has 0 aliphatic carbocycles. The molecule has 0 N–H and O–H groups in total. The van der Waals surface area contributed by atoms with Crippen molar-refractivity contribution >= 4 is 94.9 Å². The Labute approximate surface area is 865 Å². The molecule has 6 heterocycles. The van der Waals surface area contributed by atoms with Gasteiger partial charge in [0.05, 0.1) is 17.1 Å². The number of benzene rings is 21. The van der Waals surface area contributed by atoms with Gasteiger partial charge in [-0.25, -0.2) is 29.9 Å². The van der Waals surface area contributed by atoms with Crippen LogP contribution in [0.4, 0.5) is 0 Å². The summed E-state index contributed by atoms with van der Waals surface area (Å²) in [5, 5.41) is 6.91. The monoisotopic (exact) mass is 1930 g/mol. The predicted molar refractivity (Wildman–Crippen MR) is 623 cm³/mol. The van der Waals surface area contributed by atoms with Crippen LogP contribution in [0, 0.1) is 0 Å². The summed E-state index contributed by atoms with van der Waals surface area (Å²) in [5.74, 6) is 2.17. The van der Waals surface area contributed by atoms with Crippen molar-refractivity contribution in [2.24, 2.45) is 0 Å². The quantitative estimate of drug-likeness (QED) is 0.0852. The van der Waals surface area contributed by atoms with Crippen LogP contribution in [0.15, 0.2) is 546 Å². The van der Waals surface area contributed by atoms with Crippen LogP contribution < -0.4 is 0 Å². The minimum atomic E-state index is 0.711. The molecule has 27 rings (SSSR count). The third kappa shape index (κ3) is 18.8. The molecule has 0 bridgehead atoms. The first-order chi connectivity index (χ1) is 72.8. The minimum absolute atomic E-state index is 0.711. The summed E-state index contributed by atoms with van der Waals surface area (Å²) < 4.78 is 3.64. The maximum Gasteiger partial charge on any atom is 0.161 e. The molecular formula is C138H90N6S3. The average molecular weight is 1930 g/mol.